The van der Waals surface area contributed by atoms with Crippen molar-refractivity contribution in [1.82, 2.24) is 5.32 Å². The van der Waals surface area contributed by atoms with Crippen molar-refractivity contribution < 1.29 is 19.8 Å². The lowest BCUT2D eigenvalue weighted by Crippen LogP contribution is -2.44. The van der Waals surface area contributed by atoms with Crippen LogP contribution in [0, 0.1) is 0 Å². The number of hydrogen-bond acceptors (Lipinski definition) is 4. The Bertz CT molecular complexity index is 661. The van der Waals surface area contributed by atoms with E-state index in [0.29, 0.717) is 11.1 Å². The Hall–Kier alpha value is -2.70. The van der Waals surface area contributed by atoms with Gasteiger partial charge in [-0.2, -0.15) is 0 Å². The predicted octanol–water partition coefficient (Wildman–Crippen LogP) is 0.989. The molecule has 0 bridgehead atoms. The van der Waals surface area contributed by atoms with Crippen LogP contribution in [0.3, 0.4) is 0 Å². The number of nitrogens with two attached hydrogens (primary N) is 1. The second kappa shape index (κ2) is 7.53. The molecule has 2 aromatic carbocycles. The van der Waals surface area contributed by atoms with Gasteiger partial charge in [0.05, 0.1) is 6.04 Å². The van der Waals surface area contributed by atoms with E-state index in [1.54, 1.807) is 60.7 Å². The third kappa shape index (κ3) is 4.15. The smallest absolute Gasteiger partial charge is 0.330 e. The molecule has 0 unspecified atom stereocenters. The molecule has 0 aliphatic rings. The Kier molecular flexibility index (Phi) is 5.46. The van der Waals surface area contributed by atoms with E-state index < -0.39 is 30.1 Å². The van der Waals surface area contributed by atoms with Crippen molar-refractivity contribution in [2.75, 3.05) is 0 Å². The Labute approximate surface area is 133 Å². The van der Waals surface area contributed by atoms with Crippen LogP contribution in [0.5, 0.6) is 0 Å². The SMILES string of the molecule is N[C@@H](c1ccccc1)[C@@H](O)C(=O)N[C@H](C(=O)O)c1ccccc1. The van der Waals surface area contributed by atoms with Crippen LogP contribution >= 0.6 is 0 Å². The number of aliphatic hydroxyl groups is 1. The summed E-state index contributed by atoms with van der Waals surface area (Å²) in [5.74, 6) is -2.05. The number of nitrogens with one attached hydrogen (secondary N) is 1. The molecule has 2 aromatic rings. The van der Waals surface area contributed by atoms with E-state index in [1.165, 1.54) is 0 Å². The third-order valence-electron chi connectivity index (χ3n) is 3.46. The standard InChI is InChI=1S/C17H18N2O4/c18-13(11-7-3-1-4-8-11)15(20)16(21)19-14(17(22)23)12-9-5-2-6-10-12/h1-10,13-15,20H,18H2,(H,19,21)(H,22,23)/t13-,14-,15+/m0/s1. The van der Waals surface area contributed by atoms with Crippen LogP contribution in [0.15, 0.2) is 60.7 Å². The van der Waals surface area contributed by atoms with E-state index in [4.69, 9.17) is 5.73 Å². The topological polar surface area (TPSA) is 113 Å². The molecule has 0 saturated carbocycles. The molecule has 0 fully saturated rings. The summed E-state index contributed by atoms with van der Waals surface area (Å²) in [7, 11) is 0. The maximum absolute atomic E-state index is 12.1. The molecular formula is C17H18N2O4. The lowest BCUT2D eigenvalue weighted by molar-refractivity contribution is -0.143. The molecule has 6 heteroatoms. The zero-order valence-electron chi connectivity index (χ0n) is 12.3. The number of rotatable bonds is 6. The molecule has 5 N–H and O–H groups in total. The van der Waals surface area contributed by atoms with Gasteiger partial charge in [0, 0.05) is 0 Å². The van der Waals surface area contributed by atoms with Crippen LogP contribution in [0.2, 0.25) is 0 Å². The van der Waals surface area contributed by atoms with Crippen molar-refractivity contribution in [2.24, 2.45) is 5.73 Å². The first-order chi connectivity index (χ1) is 11.0. The number of carbonyl (C=O) groups is 2. The first kappa shape index (κ1) is 16.7. The zero-order valence-corrected chi connectivity index (χ0v) is 12.3. The normalized spacial score (nSPS) is 14.5. The van der Waals surface area contributed by atoms with E-state index in [2.05, 4.69) is 5.32 Å². The fraction of sp³-hybridized carbons (Fsp3) is 0.176. The van der Waals surface area contributed by atoms with Gasteiger partial charge in [0.15, 0.2) is 12.1 Å². The van der Waals surface area contributed by atoms with Crippen molar-refractivity contribution >= 4 is 11.9 Å². The number of carboxylic acids is 1. The predicted molar refractivity (Wildman–Crippen MR) is 84.3 cm³/mol. The minimum Gasteiger partial charge on any atom is -0.479 e. The third-order valence-corrected chi connectivity index (χ3v) is 3.46. The number of benzene rings is 2. The Morgan fingerprint density at radius 1 is 0.913 bits per heavy atom. The first-order valence-electron chi connectivity index (χ1n) is 7.07. The maximum Gasteiger partial charge on any atom is 0.330 e. The van der Waals surface area contributed by atoms with E-state index in [-0.39, 0.29) is 0 Å². The highest BCUT2D eigenvalue weighted by Crippen LogP contribution is 2.17. The molecule has 120 valence electrons. The second-order valence-corrected chi connectivity index (χ2v) is 5.07. The van der Waals surface area contributed by atoms with E-state index in [9.17, 15) is 19.8 Å². The van der Waals surface area contributed by atoms with Gasteiger partial charge in [0.25, 0.3) is 5.91 Å². The minimum atomic E-state index is -1.55. The van der Waals surface area contributed by atoms with Crippen LogP contribution in [-0.4, -0.2) is 28.2 Å². The van der Waals surface area contributed by atoms with Crippen LogP contribution in [0.4, 0.5) is 0 Å². The fourth-order valence-corrected chi connectivity index (χ4v) is 2.18. The van der Waals surface area contributed by atoms with Gasteiger partial charge in [-0.3, -0.25) is 4.79 Å². The second-order valence-electron chi connectivity index (χ2n) is 5.07. The van der Waals surface area contributed by atoms with Crippen molar-refractivity contribution in [2.45, 2.75) is 18.2 Å². The molecule has 0 aromatic heterocycles. The molecule has 0 saturated heterocycles. The van der Waals surface area contributed by atoms with Gasteiger partial charge < -0.3 is 21.3 Å². The molecular weight excluding hydrogens is 296 g/mol. The molecule has 0 radical (unpaired) electrons. The fourth-order valence-electron chi connectivity index (χ4n) is 2.18. The van der Waals surface area contributed by atoms with Gasteiger partial charge >= 0.3 is 5.97 Å². The summed E-state index contributed by atoms with van der Waals surface area (Å²) in [6.45, 7) is 0. The van der Waals surface area contributed by atoms with E-state index in [1.807, 2.05) is 0 Å². The minimum absolute atomic E-state index is 0.411. The Balaban J connectivity index is 2.11. The van der Waals surface area contributed by atoms with Crippen LogP contribution in [0.1, 0.15) is 23.2 Å². The molecule has 1 amide bonds. The molecule has 3 atom stereocenters. The molecule has 6 nitrogen and oxygen atoms in total. The summed E-state index contributed by atoms with van der Waals surface area (Å²) >= 11 is 0. The number of carbonyl (C=O) groups excluding carboxylic acids is 1. The van der Waals surface area contributed by atoms with Crippen LogP contribution < -0.4 is 11.1 Å². The molecule has 0 aliphatic carbocycles. The highest BCUT2D eigenvalue weighted by Gasteiger charge is 2.29. The van der Waals surface area contributed by atoms with Crippen molar-refractivity contribution in [3.63, 3.8) is 0 Å². The zero-order chi connectivity index (χ0) is 16.8. The molecule has 0 aliphatic heterocycles. The van der Waals surface area contributed by atoms with Gasteiger partial charge in [-0.05, 0) is 11.1 Å². The van der Waals surface area contributed by atoms with E-state index >= 15 is 0 Å². The van der Waals surface area contributed by atoms with Crippen molar-refractivity contribution in [1.29, 1.82) is 0 Å². The van der Waals surface area contributed by atoms with Gasteiger partial charge in [-0.1, -0.05) is 60.7 Å². The lowest BCUT2D eigenvalue weighted by atomic mass is 10.0. The summed E-state index contributed by atoms with van der Waals surface area (Å²) in [6.07, 6.45) is -1.55. The summed E-state index contributed by atoms with van der Waals surface area (Å²) < 4.78 is 0. The maximum atomic E-state index is 12.1. The van der Waals surface area contributed by atoms with Gasteiger partial charge in [-0.15, -0.1) is 0 Å². The number of carboxylic acid groups (broad SMARTS) is 1. The average molecular weight is 314 g/mol. The van der Waals surface area contributed by atoms with E-state index in [0.717, 1.165) is 0 Å². The Morgan fingerprint density at radius 2 is 1.39 bits per heavy atom. The molecule has 0 heterocycles. The largest absolute Gasteiger partial charge is 0.479 e. The number of aliphatic hydroxyl groups excluding tert-OH is 1. The quantitative estimate of drug-likeness (QED) is 0.635. The van der Waals surface area contributed by atoms with Gasteiger partial charge in [0.1, 0.15) is 0 Å². The van der Waals surface area contributed by atoms with Gasteiger partial charge in [-0.25, -0.2) is 4.79 Å². The Morgan fingerprint density at radius 3 is 1.87 bits per heavy atom. The van der Waals surface area contributed by atoms with Crippen LogP contribution in [0.25, 0.3) is 0 Å². The molecule has 0 spiro atoms. The lowest BCUT2D eigenvalue weighted by Gasteiger charge is -2.21. The highest BCUT2D eigenvalue weighted by atomic mass is 16.4. The number of amides is 1. The summed E-state index contributed by atoms with van der Waals surface area (Å²) in [4.78, 5) is 23.5. The van der Waals surface area contributed by atoms with Gasteiger partial charge in [0.2, 0.25) is 0 Å². The molecule has 2 rings (SSSR count). The van der Waals surface area contributed by atoms with Crippen LogP contribution in [-0.2, 0) is 9.59 Å². The molecule has 23 heavy (non-hydrogen) atoms. The average Bonchev–Trinajstić information content (AvgIpc) is 2.59. The number of aliphatic carboxylic acids is 1. The number of hydrogen-bond donors (Lipinski definition) is 4. The first-order valence-corrected chi connectivity index (χ1v) is 7.07. The summed E-state index contributed by atoms with van der Waals surface area (Å²) in [5, 5.41) is 21.7. The highest BCUT2D eigenvalue weighted by molar-refractivity contribution is 5.87. The monoisotopic (exact) mass is 314 g/mol. The van der Waals surface area contributed by atoms with Crippen molar-refractivity contribution in [3.05, 3.63) is 71.8 Å². The van der Waals surface area contributed by atoms with Crippen molar-refractivity contribution in [3.8, 4) is 0 Å². The summed E-state index contributed by atoms with van der Waals surface area (Å²) in [5.41, 5.74) is 6.87. The summed E-state index contributed by atoms with van der Waals surface area (Å²) in [6, 6.07) is 14.7.